The first-order valence-corrected chi connectivity index (χ1v) is 15.1. The Bertz CT molecular complexity index is 1940. The first-order chi connectivity index (χ1) is 23.4. The maximum Gasteiger partial charge on any atom is 0.341 e. The Kier molecular flexibility index (Phi) is 9.66. The number of rotatable bonds is 14. The number of nitrogen functional groups attached to an aromatic ring is 3. The van der Waals surface area contributed by atoms with Crippen LogP contribution in [0.5, 0.6) is 0 Å². The fourth-order valence-electron chi connectivity index (χ4n) is 4.64. The van der Waals surface area contributed by atoms with Crippen molar-refractivity contribution < 1.29 is 19.8 Å². The molecule has 8 N–H and O–H groups in total. The average Bonchev–Trinajstić information content (AvgIpc) is 3.80. The highest BCUT2D eigenvalue weighted by atomic mass is 16.4. The van der Waals surface area contributed by atoms with Crippen LogP contribution in [0.25, 0.3) is 11.9 Å². The summed E-state index contributed by atoms with van der Waals surface area (Å²) >= 11 is 0. The van der Waals surface area contributed by atoms with Gasteiger partial charge in [-0.25, -0.2) is 19.0 Å². The Balaban J connectivity index is 1.59. The molecule has 5 heterocycles. The minimum atomic E-state index is -1.22. The highest BCUT2D eigenvalue weighted by molar-refractivity contribution is 5.92. The van der Waals surface area contributed by atoms with Gasteiger partial charge in [0.15, 0.2) is 34.6 Å². The normalized spacial score (nSPS) is 11.8. The molecule has 0 atom stereocenters. The standard InChI is InChI=1S/C27H34N18O4/c1-5-7-9-15-17(36-38-21-13(23(46)47)11-31-42(21)3)19(28)44(40-15)26-33-25(30)34-27(35-26)45-20(29)18(16(41-45)10-8-6-2)37-39-22-14(24(48)49)12-32-43(22)4/h11-12H,5-10,28-29H2,1-4H3,(H,46,47)(H,48,49)(H2,30,33,34,35). The summed E-state index contributed by atoms with van der Waals surface area (Å²) < 4.78 is 4.99. The number of nitrogens with zero attached hydrogens (tertiary/aromatic N) is 15. The summed E-state index contributed by atoms with van der Waals surface area (Å²) in [6, 6.07) is 0. The van der Waals surface area contributed by atoms with Gasteiger partial charge in [0, 0.05) is 14.1 Å². The predicted molar refractivity (Wildman–Crippen MR) is 173 cm³/mol. The van der Waals surface area contributed by atoms with E-state index >= 15 is 0 Å². The zero-order valence-electron chi connectivity index (χ0n) is 27.0. The number of azo groups is 2. The number of aromatic nitrogens is 11. The minimum Gasteiger partial charge on any atom is -0.477 e. The number of hydrogen-bond donors (Lipinski definition) is 5. The summed E-state index contributed by atoms with van der Waals surface area (Å²) in [7, 11) is 3.07. The Morgan fingerprint density at radius 3 is 1.47 bits per heavy atom. The van der Waals surface area contributed by atoms with Crippen LogP contribution in [-0.4, -0.2) is 76.2 Å². The zero-order chi connectivity index (χ0) is 35.4. The molecule has 256 valence electrons. The summed E-state index contributed by atoms with van der Waals surface area (Å²) in [6.07, 6.45) is 6.44. The lowest BCUT2D eigenvalue weighted by Gasteiger charge is -2.07. The quantitative estimate of drug-likeness (QED) is 0.105. The number of unbranched alkanes of at least 4 members (excludes halogenated alkanes) is 2. The van der Waals surface area contributed by atoms with Gasteiger partial charge in [-0.2, -0.15) is 44.7 Å². The van der Waals surface area contributed by atoms with Gasteiger partial charge in [-0.1, -0.05) is 26.7 Å². The lowest BCUT2D eigenvalue weighted by atomic mass is 10.2. The third-order valence-electron chi connectivity index (χ3n) is 7.24. The van der Waals surface area contributed by atoms with Gasteiger partial charge >= 0.3 is 11.9 Å². The van der Waals surface area contributed by atoms with Crippen molar-refractivity contribution in [3.8, 4) is 11.9 Å². The SMILES string of the molecule is CCCCc1nn(-c2nc(N)nc(-n3nc(CCCC)c(N=Nc4c(C(=O)O)cnn4C)c3N)n2)c(N)c1N=Nc1c(C(=O)O)cnn1C. The number of carboxylic acid groups (broad SMARTS) is 2. The zero-order valence-corrected chi connectivity index (χ0v) is 27.0. The van der Waals surface area contributed by atoms with Gasteiger partial charge in [-0.3, -0.25) is 0 Å². The van der Waals surface area contributed by atoms with E-state index < -0.39 is 11.9 Å². The smallest absolute Gasteiger partial charge is 0.341 e. The average molecular weight is 675 g/mol. The fourth-order valence-corrected chi connectivity index (χ4v) is 4.64. The van der Waals surface area contributed by atoms with Crippen molar-refractivity contribution in [1.29, 1.82) is 0 Å². The molecule has 0 spiro atoms. The van der Waals surface area contributed by atoms with Crippen LogP contribution in [0.3, 0.4) is 0 Å². The molecule has 0 saturated heterocycles. The second-order valence-corrected chi connectivity index (χ2v) is 10.7. The van der Waals surface area contributed by atoms with Crippen LogP contribution in [0.2, 0.25) is 0 Å². The molecular formula is C27H34N18O4. The second kappa shape index (κ2) is 14.0. The molecule has 0 radical (unpaired) electrons. The van der Waals surface area contributed by atoms with E-state index in [1.807, 2.05) is 13.8 Å². The number of carboxylic acids is 2. The van der Waals surface area contributed by atoms with Crippen LogP contribution in [0, 0.1) is 0 Å². The predicted octanol–water partition coefficient (Wildman–Crippen LogP) is 3.37. The van der Waals surface area contributed by atoms with Gasteiger partial charge in [0.25, 0.3) is 11.9 Å². The van der Waals surface area contributed by atoms with Crippen molar-refractivity contribution >= 4 is 52.5 Å². The van der Waals surface area contributed by atoms with E-state index in [4.69, 9.17) is 17.2 Å². The highest BCUT2D eigenvalue weighted by Gasteiger charge is 2.24. The van der Waals surface area contributed by atoms with Crippen LogP contribution in [0.4, 0.5) is 40.6 Å². The first kappa shape index (κ1) is 33.7. The van der Waals surface area contributed by atoms with E-state index in [2.05, 4.69) is 55.8 Å². The monoisotopic (exact) mass is 674 g/mol. The number of aryl methyl sites for hydroxylation is 4. The molecular weight excluding hydrogens is 640 g/mol. The van der Waals surface area contributed by atoms with Crippen molar-refractivity contribution in [2.75, 3.05) is 17.2 Å². The molecule has 5 aromatic heterocycles. The molecule has 5 aromatic rings. The fraction of sp³-hybridized carbons (Fsp3) is 0.370. The summed E-state index contributed by atoms with van der Waals surface area (Å²) in [5.74, 6) is -2.78. The third-order valence-corrected chi connectivity index (χ3v) is 7.24. The molecule has 0 aliphatic carbocycles. The van der Waals surface area contributed by atoms with E-state index in [0.717, 1.165) is 25.7 Å². The molecule has 22 heteroatoms. The Morgan fingerprint density at radius 1 is 0.694 bits per heavy atom. The van der Waals surface area contributed by atoms with E-state index in [1.54, 1.807) is 0 Å². The van der Waals surface area contributed by atoms with E-state index in [9.17, 15) is 19.8 Å². The molecule has 0 aliphatic rings. The van der Waals surface area contributed by atoms with Crippen LogP contribution >= 0.6 is 0 Å². The molecule has 0 aliphatic heterocycles. The molecule has 0 aromatic carbocycles. The van der Waals surface area contributed by atoms with E-state index in [-0.39, 0.29) is 63.6 Å². The molecule has 0 saturated carbocycles. The van der Waals surface area contributed by atoms with Gasteiger partial charge in [0.2, 0.25) is 5.95 Å². The summed E-state index contributed by atoms with van der Waals surface area (Å²) in [5, 5.41) is 52.9. The maximum atomic E-state index is 11.6. The van der Waals surface area contributed by atoms with Crippen LogP contribution in [-0.2, 0) is 26.9 Å². The van der Waals surface area contributed by atoms with Crippen LogP contribution in [0.15, 0.2) is 32.9 Å². The highest BCUT2D eigenvalue weighted by Crippen LogP contribution is 2.34. The lowest BCUT2D eigenvalue weighted by Crippen LogP contribution is -2.15. The van der Waals surface area contributed by atoms with Crippen molar-refractivity contribution in [2.24, 2.45) is 34.6 Å². The van der Waals surface area contributed by atoms with Crippen molar-refractivity contribution in [2.45, 2.75) is 52.4 Å². The number of aromatic carboxylic acids is 2. The van der Waals surface area contributed by atoms with Gasteiger partial charge in [-0.15, -0.1) is 20.5 Å². The van der Waals surface area contributed by atoms with Gasteiger partial charge in [0.1, 0.15) is 11.1 Å². The Labute approximate surface area is 277 Å². The lowest BCUT2D eigenvalue weighted by molar-refractivity contribution is 0.0686. The van der Waals surface area contributed by atoms with Crippen LogP contribution < -0.4 is 17.2 Å². The second-order valence-electron chi connectivity index (χ2n) is 10.7. The molecule has 0 amide bonds. The molecule has 0 bridgehead atoms. The van der Waals surface area contributed by atoms with E-state index in [0.29, 0.717) is 24.2 Å². The Morgan fingerprint density at radius 2 is 1.10 bits per heavy atom. The number of nitrogens with two attached hydrogens (primary N) is 3. The van der Waals surface area contributed by atoms with Gasteiger partial charge in [-0.05, 0) is 25.7 Å². The van der Waals surface area contributed by atoms with Crippen molar-refractivity contribution in [1.82, 2.24) is 54.1 Å². The topological polar surface area (TPSA) is 312 Å². The number of anilines is 3. The van der Waals surface area contributed by atoms with E-state index in [1.165, 1.54) is 45.2 Å². The summed E-state index contributed by atoms with van der Waals surface area (Å²) in [6.45, 7) is 4.02. The number of carbonyl (C=O) groups is 2. The minimum absolute atomic E-state index is 0.00224. The molecule has 0 unspecified atom stereocenters. The molecule has 22 nitrogen and oxygen atoms in total. The summed E-state index contributed by atoms with van der Waals surface area (Å²) in [5.41, 5.74) is 20.1. The molecule has 49 heavy (non-hydrogen) atoms. The number of hydrogen-bond acceptors (Lipinski definition) is 16. The summed E-state index contributed by atoms with van der Waals surface area (Å²) in [4.78, 5) is 36.2. The van der Waals surface area contributed by atoms with Crippen molar-refractivity contribution in [3.63, 3.8) is 0 Å². The maximum absolute atomic E-state index is 11.6. The largest absolute Gasteiger partial charge is 0.477 e. The molecule has 5 rings (SSSR count). The first-order valence-electron chi connectivity index (χ1n) is 15.1. The van der Waals surface area contributed by atoms with Gasteiger partial charge in [0.05, 0.1) is 23.8 Å². The Hall–Kier alpha value is -6.61. The van der Waals surface area contributed by atoms with Crippen LogP contribution in [0.1, 0.15) is 71.6 Å². The third kappa shape index (κ3) is 6.77. The molecule has 0 fully saturated rings. The van der Waals surface area contributed by atoms with Crippen molar-refractivity contribution in [3.05, 3.63) is 34.9 Å². The van der Waals surface area contributed by atoms with Gasteiger partial charge < -0.3 is 27.4 Å².